The molecule has 26 heavy (non-hydrogen) atoms. The third-order valence-electron chi connectivity index (χ3n) is 5.70. The van der Waals surface area contributed by atoms with Crippen LogP contribution in [0, 0.1) is 0 Å². The quantitative estimate of drug-likeness (QED) is 0.763. The molecule has 0 aromatic carbocycles. The number of thiazole rings is 1. The smallest absolute Gasteiger partial charge is 0.265 e. The molecule has 2 fully saturated rings. The topological polar surface area (TPSA) is 56.8 Å². The number of hydrogen-bond acceptors (Lipinski definition) is 5. The van der Waals surface area contributed by atoms with Crippen LogP contribution in [0.5, 0.6) is 0 Å². The number of piperazine rings is 1. The minimum atomic E-state index is 0.102. The first-order valence-corrected chi connectivity index (χ1v) is 10.7. The molecule has 0 atom stereocenters. The lowest BCUT2D eigenvalue weighted by Gasteiger charge is -2.35. The summed E-state index contributed by atoms with van der Waals surface area (Å²) in [6.45, 7) is 8.88. The molecule has 0 N–H and O–H groups in total. The van der Waals surface area contributed by atoms with Crippen molar-refractivity contribution in [1.29, 1.82) is 0 Å². The van der Waals surface area contributed by atoms with Crippen LogP contribution in [0.3, 0.4) is 0 Å². The van der Waals surface area contributed by atoms with Crippen molar-refractivity contribution in [2.45, 2.75) is 45.4 Å². The summed E-state index contributed by atoms with van der Waals surface area (Å²) in [5.41, 5.74) is 2.82. The van der Waals surface area contributed by atoms with Crippen molar-refractivity contribution in [2.75, 3.05) is 45.8 Å². The van der Waals surface area contributed by atoms with E-state index in [1.165, 1.54) is 24.2 Å². The van der Waals surface area contributed by atoms with Gasteiger partial charge in [0, 0.05) is 32.1 Å². The minimum Gasteiger partial charge on any atom is -0.338 e. The second-order valence-electron chi connectivity index (χ2n) is 7.18. The van der Waals surface area contributed by atoms with Gasteiger partial charge in [0.05, 0.1) is 17.7 Å². The van der Waals surface area contributed by atoms with Gasteiger partial charge in [-0.15, -0.1) is 11.3 Å². The van der Waals surface area contributed by atoms with Crippen molar-refractivity contribution in [3.05, 3.63) is 16.1 Å². The fourth-order valence-electron chi connectivity index (χ4n) is 3.95. The molecule has 1 saturated carbocycles. The van der Waals surface area contributed by atoms with Gasteiger partial charge in [0.2, 0.25) is 5.91 Å². The Kier molecular flexibility index (Phi) is 6.64. The molecule has 0 bridgehead atoms. The van der Waals surface area contributed by atoms with Gasteiger partial charge in [-0.2, -0.15) is 0 Å². The van der Waals surface area contributed by atoms with Crippen LogP contribution < -0.4 is 0 Å². The van der Waals surface area contributed by atoms with Crippen molar-refractivity contribution in [1.82, 2.24) is 19.7 Å². The van der Waals surface area contributed by atoms with Crippen LogP contribution in [0.4, 0.5) is 0 Å². The maximum absolute atomic E-state index is 13.0. The molecule has 0 spiro atoms. The first-order chi connectivity index (χ1) is 12.6. The van der Waals surface area contributed by atoms with Crippen LogP contribution in [0.1, 0.15) is 60.8 Å². The SMILES string of the molecule is CCN(CC)CC(=O)N1CCN(C(=O)c2scnc2C2CCCC2)CC1. The largest absolute Gasteiger partial charge is 0.338 e. The second kappa shape index (κ2) is 8.95. The van der Waals surface area contributed by atoms with E-state index in [1.54, 1.807) is 0 Å². The standard InChI is InChI=1S/C19H30N4O2S/c1-3-21(4-2)13-16(24)22-9-11-23(12-10-22)19(25)18-17(20-14-26-18)15-7-5-6-8-15/h14-15H,3-13H2,1-2H3. The molecular weight excluding hydrogens is 348 g/mol. The number of hydrogen-bond donors (Lipinski definition) is 0. The zero-order chi connectivity index (χ0) is 18.5. The van der Waals surface area contributed by atoms with E-state index in [0.29, 0.717) is 38.6 Å². The van der Waals surface area contributed by atoms with Gasteiger partial charge >= 0.3 is 0 Å². The number of rotatable bonds is 6. The highest BCUT2D eigenvalue weighted by Gasteiger charge is 2.30. The molecule has 1 aliphatic heterocycles. The summed E-state index contributed by atoms with van der Waals surface area (Å²) in [6, 6.07) is 0. The highest BCUT2D eigenvalue weighted by atomic mass is 32.1. The Morgan fingerprint density at radius 1 is 1.12 bits per heavy atom. The summed E-state index contributed by atoms with van der Waals surface area (Å²) in [6.07, 6.45) is 4.78. The van der Waals surface area contributed by atoms with Gasteiger partial charge in [-0.3, -0.25) is 14.5 Å². The predicted molar refractivity (Wildman–Crippen MR) is 104 cm³/mol. The lowest BCUT2D eigenvalue weighted by Crippen LogP contribution is -2.52. The Balaban J connectivity index is 1.56. The highest BCUT2D eigenvalue weighted by molar-refractivity contribution is 7.11. The summed E-state index contributed by atoms with van der Waals surface area (Å²) in [7, 11) is 0. The summed E-state index contributed by atoms with van der Waals surface area (Å²) >= 11 is 1.47. The summed E-state index contributed by atoms with van der Waals surface area (Å²) in [4.78, 5) is 36.7. The Morgan fingerprint density at radius 3 is 2.35 bits per heavy atom. The van der Waals surface area contributed by atoms with Gasteiger partial charge in [-0.05, 0) is 25.9 Å². The molecule has 0 radical (unpaired) electrons. The lowest BCUT2D eigenvalue weighted by atomic mass is 10.0. The normalized spacial score (nSPS) is 18.7. The van der Waals surface area contributed by atoms with Crippen LogP contribution in [-0.4, -0.2) is 77.3 Å². The van der Waals surface area contributed by atoms with Crippen molar-refractivity contribution in [2.24, 2.45) is 0 Å². The van der Waals surface area contributed by atoms with Crippen molar-refractivity contribution >= 4 is 23.2 Å². The minimum absolute atomic E-state index is 0.102. The van der Waals surface area contributed by atoms with Crippen LogP contribution in [0.15, 0.2) is 5.51 Å². The monoisotopic (exact) mass is 378 g/mol. The first kappa shape index (κ1) is 19.3. The molecule has 3 rings (SSSR count). The van der Waals surface area contributed by atoms with Gasteiger partial charge in [-0.1, -0.05) is 26.7 Å². The van der Waals surface area contributed by atoms with Crippen molar-refractivity contribution in [3.63, 3.8) is 0 Å². The molecule has 1 aliphatic carbocycles. The predicted octanol–water partition coefficient (Wildman–Crippen LogP) is 2.43. The number of carbonyl (C=O) groups is 2. The Hall–Kier alpha value is -1.47. The second-order valence-corrected chi connectivity index (χ2v) is 8.04. The van der Waals surface area contributed by atoms with E-state index in [4.69, 9.17) is 0 Å². The zero-order valence-electron chi connectivity index (χ0n) is 15.9. The third kappa shape index (κ3) is 4.26. The highest BCUT2D eigenvalue weighted by Crippen LogP contribution is 2.36. The van der Waals surface area contributed by atoms with Crippen molar-refractivity contribution < 1.29 is 9.59 Å². The summed E-state index contributed by atoms with van der Waals surface area (Å²) in [5.74, 6) is 0.729. The fourth-order valence-corrected chi connectivity index (χ4v) is 4.79. The molecule has 2 aliphatic rings. The van der Waals surface area contributed by atoms with Gasteiger partial charge < -0.3 is 9.80 Å². The molecule has 1 aromatic heterocycles. The van der Waals surface area contributed by atoms with Crippen LogP contribution >= 0.6 is 11.3 Å². The number of nitrogens with zero attached hydrogens (tertiary/aromatic N) is 4. The van der Waals surface area contributed by atoms with E-state index in [2.05, 4.69) is 23.7 Å². The zero-order valence-corrected chi connectivity index (χ0v) is 16.8. The van der Waals surface area contributed by atoms with Gasteiger partial charge in [-0.25, -0.2) is 4.98 Å². The maximum atomic E-state index is 13.0. The molecule has 0 unspecified atom stereocenters. The average Bonchev–Trinajstić information content (AvgIpc) is 3.36. The van der Waals surface area contributed by atoms with E-state index >= 15 is 0 Å². The molecule has 1 aromatic rings. The Bertz CT molecular complexity index is 615. The van der Waals surface area contributed by atoms with Crippen LogP contribution in [0.2, 0.25) is 0 Å². The average molecular weight is 379 g/mol. The Morgan fingerprint density at radius 2 is 1.73 bits per heavy atom. The van der Waals surface area contributed by atoms with Crippen molar-refractivity contribution in [3.8, 4) is 0 Å². The van der Waals surface area contributed by atoms with Gasteiger partial charge in [0.25, 0.3) is 5.91 Å². The molecule has 1 saturated heterocycles. The molecule has 6 nitrogen and oxygen atoms in total. The lowest BCUT2D eigenvalue weighted by molar-refractivity contribution is -0.133. The molecule has 7 heteroatoms. The van der Waals surface area contributed by atoms with Gasteiger partial charge in [0.15, 0.2) is 0 Å². The van der Waals surface area contributed by atoms with Gasteiger partial charge in [0.1, 0.15) is 4.88 Å². The third-order valence-corrected chi connectivity index (χ3v) is 6.53. The molecule has 2 amide bonds. The van der Waals surface area contributed by atoms with E-state index in [9.17, 15) is 9.59 Å². The number of likely N-dealkylation sites (N-methyl/N-ethyl adjacent to an activating group) is 1. The number of aromatic nitrogens is 1. The molecular formula is C19H30N4O2S. The van der Waals surface area contributed by atoms with E-state index in [-0.39, 0.29) is 11.8 Å². The summed E-state index contributed by atoms with van der Waals surface area (Å²) < 4.78 is 0. The van der Waals surface area contributed by atoms with Crippen LogP contribution in [0.25, 0.3) is 0 Å². The summed E-state index contributed by atoms with van der Waals surface area (Å²) in [5, 5.41) is 0. The first-order valence-electron chi connectivity index (χ1n) is 9.86. The molecule has 2 heterocycles. The fraction of sp³-hybridized carbons (Fsp3) is 0.737. The number of carbonyl (C=O) groups excluding carboxylic acids is 2. The van der Waals surface area contributed by atoms with E-state index < -0.39 is 0 Å². The van der Waals surface area contributed by atoms with Crippen LogP contribution in [-0.2, 0) is 4.79 Å². The Labute approximate surface area is 160 Å². The number of amides is 2. The van der Waals surface area contributed by atoms with E-state index in [1.807, 2.05) is 15.3 Å². The molecule has 144 valence electrons. The van der Waals surface area contributed by atoms with E-state index in [0.717, 1.165) is 36.5 Å². The maximum Gasteiger partial charge on any atom is 0.265 e.